The van der Waals surface area contributed by atoms with Crippen molar-refractivity contribution in [3.8, 4) is 0 Å². The van der Waals surface area contributed by atoms with Crippen molar-refractivity contribution in [1.29, 1.82) is 0 Å². The van der Waals surface area contributed by atoms with E-state index in [1.54, 1.807) is 6.26 Å². The van der Waals surface area contributed by atoms with Gasteiger partial charge >= 0.3 is 0 Å². The maximum atomic E-state index is 9.95. The molecule has 0 amide bonds. The minimum absolute atomic E-state index is 0.350. The summed E-state index contributed by atoms with van der Waals surface area (Å²) in [6.45, 7) is 2.24. The molecule has 0 aliphatic heterocycles. The highest BCUT2D eigenvalue weighted by molar-refractivity contribution is 9.10. The molecule has 1 unspecified atom stereocenters. The molecule has 0 saturated heterocycles. The first-order valence-corrected chi connectivity index (χ1v) is 5.80. The van der Waals surface area contributed by atoms with Crippen LogP contribution in [0.1, 0.15) is 44.3 Å². The third-order valence-corrected chi connectivity index (χ3v) is 3.64. The van der Waals surface area contributed by atoms with Crippen LogP contribution in [-0.2, 0) is 0 Å². The summed E-state index contributed by atoms with van der Waals surface area (Å²) in [6.07, 6.45) is 5.87. The molecule has 1 fully saturated rings. The number of aliphatic hydroxyl groups is 1. The summed E-state index contributed by atoms with van der Waals surface area (Å²) in [7, 11) is 0. The molecule has 0 spiro atoms. The Morgan fingerprint density at radius 2 is 2.36 bits per heavy atom. The molecule has 2 rings (SSSR count). The molecule has 14 heavy (non-hydrogen) atoms. The SMILES string of the molecule is CC1(CC(O)c2coc(Br)c2)CCC1. The Kier molecular flexibility index (Phi) is 2.71. The van der Waals surface area contributed by atoms with Crippen molar-refractivity contribution in [2.24, 2.45) is 5.41 Å². The fraction of sp³-hybridized carbons (Fsp3) is 0.636. The molecule has 2 nitrogen and oxygen atoms in total. The summed E-state index contributed by atoms with van der Waals surface area (Å²) in [5, 5.41) is 9.95. The summed E-state index contributed by atoms with van der Waals surface area (Å²) >= 11 is 3.23. The molecule has 1 aromatic rings. The van der Waals surface area contributed by atoms with E-state index in [1.807, 2.05) is 6.07 Å². The van der Waals surface area contributed by atoms with E-state index in [0.29, 0.717) is 10.1 Å². The Morgan fingerprint density at radius 3 is 2.79 bits per heavy atom. The minimum atomic E-state index is -0.379. The summed E-state index contributed by atoms with van der Waals surface area (Å²) in [6, 6.07) is 1.84. The fourth-order valence-corrected chi connectivity index (χ4v) is 2.43. The van der Waals surface area contributed by atoms with Crippen LogP contribution in [0.5, 0.6) is 0 Å². The van der Waals surface area contributed by atoms with Crippen molar-refractivity contribution in [2.75, 3.05) is 0 Å². The first-order valence-electron chi connectivity index (χ1n) is 5.01. The van der Waals surface area contributed by atoms with E-state index >= 15 is 0 Å². The molecule has 3 heteroatoms. The van der Waals surface area contributed by atoms with E-state index in [9.17, 15) is 5.11 Å². The van der Waals surface area contributed by atoms with Gasteiger partial charge in [0.15, 0.2) is 4.67 Å². The molecule has 1 aliphatic carbocycles. The maximum Gasteiger partial charge on any atom is 0.169 e. The summed E-state index contributed by atoms with van der Waals surface area (Å²) in [5.74, 6) is 0. The zero-order valence-corrected chi connectivity index (χ0v) is 9.88. The number of furan rings is 1. The maximum absolute atomic E-state index is 9.95. The predicted molar refractivity (Wildman–Crippen MR) is 57.9 cm³/mol. The van der Waals surface area contributed by atoms with E-state index in [0.717, 1.165) is 12.0 Å². The van der Waals surface area contributed by atoms with Crippen LogP contribution in [0.2, 0.25) is 0 Å². The van der Waals surface area contributed by atoms with Crippen LogP contribution < -0.4 is 0 Å². The number of aliphatic hydroxyl groups excluding tert-OH is 1. The Balaban J connectivity index is 1.98. The highest BCUT2D eigenvalue weighted by atomic mass is 79.9. The van der Waals surface area contributed by atoms with Crippen molar-refractivity contribution >= 4 is 15.9 Å². The van der Waals surface area contributed by atoms with Crippen LogP contribution in [-0.4, -0.2) is 5.11 Å². The van der Waals surface area contributed by atoms with Gasteiger partial charge in [0.2, 0.25) is 0 Å². The van der Waals surface area contributed by atoms with Gasteiger partial charge in [-0.3, -0.25) is 0 Å². The summed E-state index contributed by atoms with van der Waals surface area (Å²) in [5.41, 5.74) is 1.23. The van der Waals surface area contributed by atoms with Crippen LogP contribution in [0.15, 0.2) is 21.4 Å². The minimum Gasteiger partial charge on any atom is -0.457 e. The quantitative estimate of drug-likeness (QED) is 0.898. The second kappa shape index (κ2) is 3.70. The van der Waals surface area contributed by atoms with Crippen LogP contribution in [0, 0.1) is 5.41 Å². The fourth-order valence-electron chi connectivity index (χ4n) is 2.07. The highest BCUT2D eigenvalue weighted by Crippen LogP contribution is 2.46. The number of rotatable bonds is 3. The lowest BCUT2D eigenvalue weighted by atomic mass is 9.67. The van der Waals surface area contributed by atoms with Crippen LogP contribution in [0.4, 0.5) is 0 Å². The second-order valence-corrected chi connectivity index (χ2v) is 5.35. The molecule has 0 bridgehead atoms. The van der Waals surface area contributed by atoms with Gasteiger partial charge in [-0.25, -0.2) is 0 Å². The molecule has 0 radical (unpaired) electrons. The van der Waals surface area contributed by atoms with Gasteiger partial charge in [0.25, 0.3) is 0 Å². The van der Waals surface area contributed by atoms with Gasteiger partial charge in [-0.2, -0.15) is 0 Å². The largest absolute Gasteiger partial charge is 0.457 e. The Morgan fingerprint density at radius 1 is 1.64 bits per heavy atom. The lowest BCUT2D eigenvalue weighted by Crippen LogP contribution is -2.27. The zero-order valence-electron chi connectivity index (χ0n) is 8.29. The predicted octanol–water partition coefficient (Wildman–Crippen LogP) is 3.66. The normalized spacial score (nSPS) is 21.6. The smallest absolute Gasteiger partial charge is 0.169 e. The molecular weight excluding hydrogens is 244 g/mol. The first kappa shape index (κ1) is 10.2. The number of halogens is 1. The van der Waals surface area contributed by atoms with E-state index in [2.05, 4.69) is 22.9 Å². The van der Waals surface area contributed by atoms with E-state index in [1.165, 1.54) is 19.3 Å². The lowest BCUT2D eigenvalue weighted by molar-refractivity contribution is 0.0544. The molecular formula is C11H15BrO2. The van der Waals surface area contributed by atoms with E-state index in [4.69, 9.17) is 4.42 Å². The molecule has 1 N–H and O–H groups in total. The Bertz CT molecular complexity index is 315. The third-order valence-electron chi connectivity index (χ3n) is 3.22. The molecule has 1 heterocycles. The molecule has 1 aliphatic rings. The molecule has 1 aromatic heterocycles. The lowest BCUT2D eigenvalue weighted by Gasteiger charge is -2.39. The standard InChI is InChI=1S/C11H15BrO2/c1-11(3-2-4-11)6-9(13)8-5-10(12)14-7-8/h5,7,9,13H,2-4,6H2,1H3. The van der Waals surface area contributed by atoms with Crippen molar-refractivity contribution < 1.29 is 9.52 Å². The molecule has 1 saturated carbocycles. The number of hydrogen-bond donors (Lipinski definition) is 1. The van der Waals surface area contributed by atoms with Gasteiger partial charge in [0, 0.05) is 5.56 Å². The van der Waals surface area contributed by atoms with Crippen molar-refractivity contribution in [2.45, 2.75) is 38.7 Å². The average molecular weight is 259 g/mol. The van der Waals surface area contributed by atoms with Gasteiger partial charge in [-0.05, 0) is 46.7 Å². The Hall–Kier alpha value is -0.280. The van der Waals surface area contributed by atoms with Gasteiger partial charge in [-0.15, -0.1) is 0 Å². The summed E-state index contributed by atoms with van der Waals surface area (Å²) < 4.78 is 5.79. The monoisotopic (exact) mass is 258 g/mol. The van der Waals surface area contributed by atoms with Gasteiger partial charge in [0.1, 0.15) is 0 Å². The second-order valence-electron chi connectivity index (χ2n) is 4.57. The highest BCUT2D eigenvalue weighted by Gasteiger charge is 2.34. The van der Waals surface area contributed by atoms with Crippen LogP contribution in [0.3, 0.4) is 0 Å². The molecule has 78 valence electrons. The first-order chi connectivity index (χ1) is 6.59. The van der Waals surface area contributed by atoms with E-state index < -0.39 is 0 Å². The van der Waals surface area contributed by atoms with Crippen molar-refractivity contribution in [3.05, 3.63) is 22.6 Å². The van der Waals surface area contributed by atoms with E-state index in [-0.39, 0.29) is 6.10 Å². The average Bonchev–Trinajstić information content (AvgIpc) is 2.49. The van der Waals surface area contributed by atoms with Gasteiger partial charge in [-0.1, -0.05) is 13.3 Å². The number of hydrogen-bond acceptors (Lipinski definition) is 2. The van der Waals surface area contributed by atoms with Gasteiger partial charge < -0.3 is 9.52 Å². The Labute approximate surface area is 92.4 Å². The van der Waals surface area contributed by atoms with Crippen LogP contribution in [0.25, 0.3) is 0 Å². The topological polar surface area (TPSA) is 33.4 Å². The third kappa shape index (κ3) is 2.04. The zero-order chi connectivity index (χ0) is 10.2. The molecule has 0 aromatic carbocycles. The van der Waals surface area contributed by atoms with Crippen LogP contribution >= 0.6 is 15.9 Å². The van der Waals surface area contributed by atoms with Crippen molar-refractivity contribution in [3.63, 3.8) is 0 Å². The summed E-state index contributed by atoms with van der Waals surface area (Å²) in [4.78, 5) is 0. The van der Waals surface area contributed by atoms with Crippen molar-refractivity contribution in [1.82, 2.24) is 0 Å². The van der Waals surface area contributed by atoms with Gasteiger partial charge in [0.05, 0.1) is 12.4 Å². The molecule has 1 atom stereocenters.